The SMILES string of the molecule is C.C=CC=O.CC(C)CC(CC(CC(C(N)=O)C(C)C)C(=O)NCCO)C(N)=O.CC(C)CC(CC(CC(C(N)=O)C(C)C)C(=O)NCCOC(O)CCCl)C(N)=O.CC(C)CC(CC(CC(NC=O)C(C)C)C(=O)NCCOC(CCCl)OCCNC(=O)C(CC(CC(C)C)C(N)=O)CC(C(N)=O)C(C)C)NC=O.O=CCCCl. The third-order valence-electron chi connectivity index (χ3n) is 18.6. The van der Waals surface area contributed by atoms with E-state index in [4.69, 9.17) is 93.3 Å². The van der Waals surface area contributed by atoms with Gasteiger partial charge in [-0.15, -0.1) is 34.8 Å². The molecule has 14 unspecified atom stereocenters. The van der Waals surface area contributed by atoms with Gasteiger partial charge in [0, 0.05) is 134 Å². The highest BCUT2D eigenvalue weighted by atomic mass is 35.5. The number of carbonyl (C=O) groups is 14. The van der Waals surface area contributed by atoms with Gasteiger partial charge in [0.05, 0.1) is 26.4 Å². The Hall–Kier alpha value is -6.61. The Morgan fingerprint density at radius 2 is 0.704 bits per heavy atom. The van der Waals surface area contributed by atoms with Crippen molar-refractivity contribution >= 4 is 119 Å². The Bertz CT molecular complexity index is 2700. The molecule has 0 aliphatic rings. The maximum Gasteiger partial charge on any atom is 0.223 e. The number of rotatable bonds is 63. The van der Waals surface area contributed by atoms with Gasteiger partial charge >= 0.3 is 0 Å². The van der Waals surface area contributed by atoms with Crippen LogP contribution in [0.25, 0.3) is 0 Å². The predicted octanol–water partition coefficient (Wildman–Crippen LogP) is 6.42. The predicted molar refractivity (Wildman–Crippen MR) is 452 cm³/mol. The van der Waals surface area contributed by atoms with Crippen LogP contribution in [0.15, 0.2) is 12.7 Å². The summed E-state index contributed by atoms with van der Waals surface area (Å²) >= 11 is 16.6. The molecule has 0 heterocycles. The molecule has 672 valence electrons. The van der Waals surface area contributed by atoms with Crippen molar-refractivity contribution in [2.45, 2.75) is 239 Å². The second-order valence-corrected chi connectivity index (χ2v) is 32.9. The van der Waals surface area contributed by atoms with E-state index in [0.29, 0.717) is 88.7 Å². The van der Waals surface area contributed by atoms with E-state index in [1.807, 2.05) is 111 Å². The maximum absolute atomic E-state index is 13.4. The number of halogens is 3. The van der Waals surface area contributed by atoms with Crippen molar-refractivity contribution in [1.82, 2.24) is 31.9 Å². The normalized spacial score (nSPS) is 14.7. The molecule has 14 atom stereocenters. The average Bonchev–Trinajstić information content (AvgIpc) is 0.896. The van der Waals surface area contributed by atoms with Crippen LogP contribution in [0, 0.1) is 107 Å². The lowest BCUT2D eigenvalue weighted by atomic mass is 9.79. The first kappa shape index (κ1) is 119. The number of aliphatic hydroxyl groups is 2. The second-order valence-electron chi connectivity index (χ2n) is 31.7. The Morgan fingerprint density at radius 1 is 0.391 bits per heavy atom. The fourth-order valence-electron chi connectivity index (χ4n) is 12.6. The van der Waals surface area contributed by atoms with Crippen molar-refractivity contribution in [3.63, 3.8) is 0 Å². The first-order chi connectivity index (χ1) is 53.4. The molecule has 31 nitrogen and oxygen atoms in total. The molecule has 0 radical (unpaired) electrons. The lowest BCUT2D eigenvalue weighted by molar-refractivity contribution is -0.145. The molecule has 0 rings (SSSR count). The molecule has 0 aliphatic heterocycles. The van der Waals surface area contributed by atoms with E-state index in [-0.39, 0.29) is 187 Å². The highest BCUT2D eigenvalue weighted by Crippen LogP contribution is 2.32. The molecule has 0 aliphatic carbocycles. The lowest BCUT2D eigenvalue weighted by Gasteiger charge is -2.29. The summed E-state index contributed by atoms with van der Waals surface area (Å²) in [6, 6.07) is -0.419. The zero-order valence-electron chi connectivity index (χ0n) is 71.1. The minimum atomic E-state index is -0.981. The van der Waals surface area contributed by atoms with Crippen molar-refractivity contribution in [2.24, 2.45) is 141 Å². The summed E-state index contributed by atoms with van der Waals surface area (Å²) in [6.45, 7) is 35.1. The van der Waals surface area contributed by atoms with E-state index in [1.165, 1.54) is 6.08 Å². The number of allylic oxidation sites excluding steroid dienone is 1. The van der Waals surface area contributed by atoms with Gasteiger partial charge in [-0.3, -0.25) is 62.3 Å². The van der Waals surface area contributed by atoms with Crippen LogP contribution in [0.2, 0.25) is 0 Å². The van der Waals surface area contributed by atoms with E-state index in [2.05, 4.69) is 38.5 Å². The summed E-state index contributed by atoms with van der Waals surface area (Å²) in [4.78, 5) is 164. The van der Waals surface area contributed by atoms with Crippen molar-refractivity contribution in [3.05, 3.63) is 12.7 Å². The van der Waals surface area contributed by atoms with Gasteiger partial charge in [0.15, 0.2) is 12.6 Å². The van der Waals surface area contributed by atoms with Gasteiger partial charge in [-0.05, 0) is 130 Å². The highest BCUT2D eigenvalue weighted by molar-refractivity contribution is 6.18. The number of nitrogens with one attached hydrogen (secondary N) is 6. The number of primary amides is 6. The second kappa shape index (κ2) is 72.6. The molecular formula is C81H153Cl3N12O19. The van der Waals surface area contributed by atoms with Crippen LogP contribution >= 0.6 is 34.8 Å². The van der Waals surface area contributed by atoms with Crippen LogP contribution in [0.5, 0.6) is 0 Å². The fraction of sp³-hybridized carbons (Fsp3) is 0.802. The maximum atomic E-state index is 13.4. The van der Waals surface area contributed by atoms with Gasteiger partial charge in [-0.25, -0.2) is 0 Å². The first-order valence-corrected chi connectivity index (χ1v) is 41.6. The number of ether oxygens (including phenoxy) is 3. The molecule has 0 saturated heterocycles. The van der Waals surface area contributed by atoms with Crippen molar-refractivity contribution in [1.29, 1.82) is 0 Å². The summed E-state index contributed by atoms with van der Waals surface area (Å²) in [6.07, 6.45) is 8.04. The molecular weight excluding hydrogens is 1550 g/mol. The number of hydrogen-bond acceptors (Lipinski definition) is 19. The molecule has 0 aromatic carbocycles. The summed E-state index contributed by atoms with van der Waals surface area (Å²) in [5.74, 6) is -7.13. The molecule has 20 N–H and O–H groups in total. The molecule has 0 aromatic rings. The molecule has 0 saturated carbocycles. The number of hydrogen-bond donors (Lipinski definition) is 14. The van der Waals surface area contributed by atoms with E-state index in [1.54, 1.807) is 0 Å². The van der Waals surface area contributed by atoms with Crippen LogP contribution in [0.3, 0.4) is 0 Å². The van der Waals surface area contributed by atoms with Gasteiger partial charge in [-0.2, -0.15) is 0 Å². The third kappa shape index (κ3) is 63.2. The van der Waals surface area contributed by atoms with Crippen LogP contribution in [-0.2, 0) is 81.3 Å². The Balaban J connectivity index is -0.000000395. The van der Waals surface area contributed by atoms with E-state index >= 15 is 0 Å². The van der Waals surface area contributed by atoms with Gasteiger partial charge in [0.2, 0.25) is 71.9 Å². The van der Waals surface area contributed by atoms with Gasteiger partial charge in [-0.1, -0.05) is 125 Å². The van der Waals surface area contributed by atoms with Crippen molar-refractivity contribution in [3.8, 4) is 0 Å². The van der Waals surface area contributed by atoms with E-state index in [9.17, 15) is 67.4 Å². The number of aliphatic hydroxyl groups excluding tert-OH is 2. The zero-order valence-corrected chi connectivity index (χ0v) is 73.4. The largest absolute Gasteiger partial charge is 0.395 e. The molecule has 0 fully saturated rings. The van der Waals surface area contributed by atoms with Crippen molar-refractivity contribution < 1.29 is 91.5 Å². The summed E-state index contributed by atoms with van der Waals surface area (Å²) in [5, 5.41) is 35.2. The van der Waals surface area contributed by atoms with E-state index < -0.39 is 107 Å². The number of carbonyl (C=O) groups excluding carboxylic acids is 14. The molecule has 0 bridgehead atoms. The fourth-order valence-corrected chi connectivity index (χ4v) is 13.0. The van der Waals surface area contributed by atoms with Crippen molar-refractivity contribution in [2.75, 3.05) is 70.2 Å². The quantitative estimate of drug-likeness (QED) is 0.0103. The summed E-state index contributed by atoms with van der Waals surface area (Å²) in [7, 11) is 0. The monoisotopic (exact) mass is 1700 g/mol. The topological polar surface area (TPSA) is 535 Å². The average molecular weight is 1710 g/mol. The summed E-state index contributed by atoms with van der Waals surface area (Å²) < 4.78 is 16.9. The van der Waals surface area contributed by atoms with Crippen LogP contribution in [0.1, 0.15) is 215 Å². The Kier molecular flexibility index (Phi) is 75.3. The first-order valence-electron chi connectivity index (χ1n) is 40.0. The highest BCUT2D eigenvalue weighted by Gasteiger charge is 2.36. The van der Waals surface area contributed by atoms with Gasteiger partial charge < -0.3 is 95.5 Å². The summed E-state index contributed by atoms with van der Waals surface area (Å²) in [5.41, 5.74) is 33.3. The molecule has 115 heavy (non-hydrogen) atoms. The van der Waals surface area contributed by atoms with Gasteiger partial charge in [0.1, 0.15) is 12.6 Å². The molecule has 0 spiro atoms. The minimum Gasteiger partial charge on any atom is -0.395 e. The van der Waals surface area contributed by atoms with Crippen LogP contribution in [0.4, 0.5) is 0 Å². The van der Waals surface area contributed by atoms with Crippen LogP contribution in [-0.4, -0.2) is 190 Å². The lowest BCUT2D eigenvalue weighted by Crippen LogP contribution is -2.43. The van der Waals surface area contributed by atoms with E-state index in [0.717, 1.165) is 6.29 Å². The standard InChI is InChI=1S/C37H69ClN6O8.C20H38ClN3O5.C17H33N3O4.C3H5ClO.C3H4O.CH4/c1-23(2)15-27(34(39)47)17-28(19-31(25(5)6)35(40)48)36(49)41-11-13-51-33(9-10-38)52-14-12-42-37(50)29(20-32(26(7)8)44-22-46)18-30(43-21-45)16-24(3)4;1-12(2)9-14(18(22)26)10-15(11-16(13(3)4)19(23)27)20(28)24-7-8-29-17(25)5-6-21;1-10(2)7-12(15(18)22)8-13(17(24)20-5-6-21)9-14(11(3)4)16(19)23;4-2-1-3-5;1-2-3-4;/h21-33H,9-20H2,1-8H3,(H2,39,47)(H2,40,48)(H,41,49)(H,42,50)(H,43,45)(H,44,46);12-17,25H,5-11H2,1-4H3,(H2,22,26)(H2,23,27)(H,24,28);10-14,21H,5-9H2,1-4H3,(H2,18,22)(H2,19,23)(H,20,24);3H,1-2H2;2-3H,1H2;1H4. The number of amides is 12. The Morgan fingerprint density at radius 3 is 0.939 bits per heavy atom. The number of nitrogens with two attached hydrogens (primary N) is 6. The number of aldehydes is 2. The third-order valence-corrected chi connectivity index (χ3v) is 19.3. The van der Waals surface area contributed by atoms with Gasteiger partial charge in [0.25, 0.3) is 0 Å². The Labute approximate surface area is 702 Å². The molecule has 34 heteroatoms. The molecule has 12 amide bonds. The minimum absolute atomic E-state index is 0. The molecule has 0 aromatic heterocycles. The zero-order chi connectivity index (χ0) is 88.8. The smallest absolute Gasteiger partial charge is 0.223 e. The number of alkyl halides is 3. The van der Waals surface area contributed by atoms with Crippen LogP contribution < -0.4 is 66.3 Å².